The first-order chi connectivity index (χ1) is 6.50. The van der Waals surface area contributed by atoms with E-state index in [4.69, 9.17) is 5.73 Å². The van der Waals surface area contributed by atoms with Crippen molar-refractivity contribution in [1.82, 2.24) is 9.88 Å². The molecule has 0 aliphatic carbocycles. The van der Waals surface area contributed by atoms with Crippen molar-refractivity contribution in [2.24, 2.45) is 11.7 Å². The average Bonchev–Trinajstić information content (AvgIpc) is 2.50. The second-order valence-electron chi connectivity index (χ2n) is 4.45. The number of rotatable bonds is 4. The maximum atomic E-state index is 6.04. The van der Waals surface area contributed by atoms with Gasteiger partial charge in [-0.05, 0) is 32.1 Å². The molecule has 0 fully saturated rings. The molecule has 1 aromatic rings. The highest BCUT2D eigenvalue weighted by Gasteiger charge is 2.12. The highest BCUT2D eigenvalue weighted by molar-refractivity contribution is 5.16. The normalized spacial score (nSPS) is 13.9. The van der Waals surface area contributed by atoms with E-state index in [0.717, 1.165) is 12.2 Å². The molecule has 0 aliphatic heterocycles. The standard InChI is InChI=1S/C11H21N3/c1-8(2)11(12)10-6-5-9(13-10)7-14(3)4/h5-6,8,11,13H,7,12H2,1-4H3. The van der Waals surface area contributed by atoms with Crippen LogP contribution in [0.15, 0.2) is 12.1 Å². The highest BCUT2D eigenvalue weighted by Crippen LogP contribution is 2.18. The molecule has 0 bridgehead atoms. The predicted molar refractivity (Wildman–Crippen MR) is 60.0 cm³/mol. The fourth-order valence-electron chi connectivity index (χ4n) is 1.45. The number of nitrogens with zero attached hydrogens (tertiary/aromatic N) is 1. The van der Waals surface area contributed by atoms with Gasteiger partial charge in [-0.2, -0.15) is 0 Å². The number of aromatic nitrogens is 1. The predicted octanol–water partition coefficient (Wildman–Crippen LogP) is 1.73. The van der Waals surface area contributed by atoms with E-state index in [2.05, 4.69) is 50.0 Å². The summed E-state index contributed by atoms with van der Waals surface area (Å²) in [6.45, 7) is 5.21. The van der Waals surface area contributed by atoms with Crippen LogP contribution in [0.1, 0.15) is 31.3 Å². The van der Waals surface area contributed by atoms with Gasteiger partial charge in [-0.15, -0.1) is 0 Å². The molecular weight excluding hydrogens is 174 g/mol. The topological polar surface area (TPSA) is 45.0 Å². The van der Waals surface area contributed by atoms with Crippen LogP contribution in [0.3, 0.4) is 0 Å². The Hall–Kier alpha value is -0.800. The minimum atomic E-state index is 0.117. The van der Waals surface area contributed by atoms with E-state index in [-0.39, 0.29) is 6.04 Å². The Morgan fingerprint density at radius 3 is 2.50 bits per heavy atom. The van der Waals surface area contributed by atoms with Gasteiger partial charge in [0.1, 0.15) is 0 Å². The highest BCUT2D eigenvalue weighted by atomic mass is 15.1. The molecule has 1 rings (SSSR count). The number of hydrogen-bond donors (Lipinski definition) is 2. The van der Waals surface area contributed by atoms with Crippen molar-refractivity contribution in [1.29, 1.82) is 0 Å². The first-order valence-electron chi connectivity index (χ1n) is 5.08. The molecule has 0 saturated heterocycles. The molecule has 1 unspecified atom stereocenters. The molecule has 80 valence electrons. The van der Waals surface area contributed by atoms with E-state index >= 15 is 0 Å². The second-order valence-corrected chi connectivity index (χ2v) is 4.45. The van der Waals surface area contributed by atoms with Crippen LogP contribution in [-0.4, -0.2) is 24.0 Å². The monoisotopic (exact) mass is 195 g/mol. The zero-order valence-electron chi connectivity index (χ0n) is 9.54. The summed E-state index contributed by atoms with van der Waals surface area (Å²) in [5.41, 5.74) is 8.40. The van der Waals surface area contributed by atoms with Crippen LogP contribution < -0.4 is 5.73 Å². The van der Waals surface area contributed by atoms with E-state index < -0.39 is 0 Å². The second kappa shape index (κ2) is 4.62. The Morgan fingerprint density at radius 1 is 1.36 bits per heavy atom. The molecule has 3 heteroatoms. The smallest absolute Gasteiger partial charge is 0.0471 e. The lowest BCUT2D eigenvalue weighted by molar-refractivity contribution is 0.396. The van der Waals surface area contributed by atoms with Gasteiger partial charge in [-0.25, -0.2) is 0 Å². The lowest BCUT2D eigenvalue weighted by atomic mass is 10.0. The summed E-state index contributed by atoms with van der Waals surface area (Å²) in [6.07, 6.45) is 0. The van der Waals surface area contributed by atoms with Crippen molar-refractivity contribution in [3.05, 3.63) is 23.5 Å². The molecule has 0 aromatic carbocycles. The van der Waals surface area contributed by atoms with Crippen molar-refractivity contribution in [2.75, 3.05) is 14.1 Å². The van der Waals surface area contributed by atoms with Gasteiger partial charge in [-0.1, -0.05) is 13.8 Å². The lowest BCUT2D eigenvalue weighted by Crippen LogP contribution is -2.17. The largest absolute Gasteiger partial charge is 0.360 e. The Bertz CT molecular complexity index is 276. The van der Waals surface area contributed by atoms with E-state index in [1.54, 1.807) is 0 Å². The van der Waals surface area contributed by atoms with E-state index in [1.807, 2.05) is 0 Å². The van der Waals surface area contributed by atoms with Gasteiger partial charge in [0.25, 0.3) is 0 Å². The van der Waals surface area contributed by atoms with Crippen molar-refractivity contribution in [2.45, 2.75) is 26.4 Å². The van der Waals surface area contributed by atoms with Gasteiger partial charge in [0.05, 0.1) is 0 Å². The first-order valence-corrected chi connectivity index (χ1v) is 5.08. The summed E-state index contributed by atoms with van der Waals surface area (Å²) in [6, 6.07) is 4.31. The van der Waals surface area contributed by atoms with Crippen molar-refractivity contribution >= 4 is 0 Å². The summed E-state index contributed by atoms with van der Waals surface area (Å²) >= 11 is 0. The average molecular weight is 195 g/mol. The van der Waals surface area contributed by atoms with Crippen LogP contribution >= 0.6 is 0 Å². The lowest BCUT2D eigenvalue weighted by Gasteiger charge is -2.14. The molecule has 1 atom stereocenters. The van der Waals surface area contributed by atoms with Gasteiger partial charge >= 0.3 is 0 Å². The number of aromatic amines is 1. The van der Waals surface area contributed by atoms with Crippen LogP contribution in [0.2, 0.25) is 0 Å². The Kier molecular flexibility index (Phi) is 3.72. The third-order valence-corrected chi connectivity index (χ3v) is 2.33. The number of hydrogen-bond acceptors (Lipinski definition) is 2. The van der Waals surface area contributed by atoms with Crippen LogP contribution in [0.25, 0.3) is 0 Å². The molecule has 0 saturated carbocycles. The fourth-order valence-corrected chi connectivity index (χ4v) is 1.45. The SMILES string of the molecule is CC(C)C(N)c1ccc(CN(C)C)[nH]1. The molecule has 3 nitrogen and oxygen atoms in total. The maximum Gasteiger partial charge on any atom is 0.0471 e. The zero-order valence-corrected chi connectivity index (χ0v) is 9.54. The maximum absolute atomic E-state index is 6.04. The molecule has 0 aliphatic rings. The van der Waals surface area contributed by atoms with Gasteiger partial charge in [0, 0.05) is 24.0 Å². The summed E-state index contributed by atoms with van der Waals surface area (Å²) < 4.78 is 0. The Morgan fingerprint density at radius 2 is 2.00 bits per heavy atom. The van der Waals surface area contributed by atoms with Crippen LogP contribution in [0, 0.1) is 5.92 Å². The van der Waals surface area contributed by atoms with Gasteiger partial charge in [0.2, 0.25) is 0 Å². The first kappa shape index (κ1) is 11.3. The van der Waals surface area contributed by atoms with Crippen molar-refractivity contribution in [3.8, 4) is 0 Å². The third-order valence-electron chi connectivity index (χ3n) is 2.33. The van der Waals surface area contributed by atoms with Gasteiger partial charge in [0.15, 0.2) is 0 Å². The van der Waals surface area contributed by atoms with E-state index in [0.29, 0.717) is 5.92 Å². The van der Waals surface area contributed by atoms with Gasteiger partial charge < -0.3 is 15.6 Å². The van der Waals surface area contributed by atoms with Crippen LogP contribution in [-0.2, 0) is 6.54 Å². The third kappa shape index (κ3) is 2.86. The fraction of sp³-hybridized carbons (Fsp3) is 0.636. The number of H-pyrrole nitrogens is 1. The van der Waals surface area contributed by atoms with E-state index in [9.17, 15) is 0 Å². The van der Waals surface area contributed by atoms with E-state index in [1.165, 1.54) is 5.69 Å². The summed E-state index contributed by atoms with van der Waals surface area (Å²) in [4.78, 5) is 5.49. The molecular formula is C11H21N3. The van der Waals surface area contributed by atoms with Crippen LogP contribution in [0.5, 0.6) is 0 Å². The molecule has 0 spiro atoms. The van der Waals surface area contributed by atoms with Gasteiger partial charge in [-0.3, -0.25) is 0 Å². The van der Waals surface area contributed by atoms with Crippen molar-refractivity contribution in [3.63, 3.8) is 0 Å². The number of nitrogens with one attached hydrogen (secondary N) is 1. The quantitative estimate of drug-likeness (QED) is 0.768. The van der Waals surface area contributed by atoms with Crippen molar-refractivity contribution < 1.29 is 0 Å². The zero-order chi connectivity index (χ0) is 10.7. The summed E-state index contributed by atoms with van der Waals surface area (Å²) in [5, 5.41) is 0. The molecule has 1 aromatic heterocycles. The molecule has 0 radical (unpaired) electrons. The molecule has 1 heterocycles. The minimum absolute atomic E-state index is 0.117. The number of nitrogens with two attached hydrogens (primary N) is 1. The summed E-state index contributed by atoms with van der Waals surface area (Å²) in [5.74, 6) is 0.473. The Balaban J connectivity index is 2.67. The summed E-state index contributed by atoms with van der Waals surface area (Å²) in [7, 11) is 4.12. The molecule has 14 heavy (non-hydrogen) atoms. The van der Waals surface area contributed by atoms with Crippen LogP contribution in [0.4, 0.5) is 0 Å². The molecule has 0 amide bonds. The molecule has 3 N–H and O–H groups in total. The Labute approximate surface area is 86.3 Å². The minimum Gasteiger partial charge on any atom is -0.360 e.